The number of rotatable bonds is 6. The summed E-state index contributed by atoms with van der Waals surface area (Å²) in [7, 11) is -3.27. The molecule has 0 amide bonds. The van der Waals surface area contributed by atoms with Crippen LogP contribution in [-0.2, 0) is 14.6 Å². The number of ether oxygens (including phenoxy) is 1. The average molecular weight is 364 g/mol. The van der Waals surface area contributed by atoms with Crippen molar-refractivity contribution in [1.29, 1.82) is 0 Å². The molecule has 1 aliphatic heterocycles. The van der Waals surface area contributed by atoms with Crippen LogP contribution in [0.1, 0.15) is 19.3 Å². The topological polar surface area (TPSA) is 89.8 Å². The molecule has 0 aromatic heterocycles. The van der Waals surface area contributed by atoms with E-state index in [4.69, 9.17) is 4.74 Å². The van der Waals surface area contributed by atoms with Crippen molar-refractivity contribution in [3.8, 4) is 0 Å². The summed E-state index contributed by atoms with van der Waals surface area (Å²) >= 11 is 0. The molecular formula is C14H18F2N2O5S. The number of nitro groups is 1. The summed E-state index contributed by atoms with van der Waals surface area (Å²) in [6.45, 7) is 1.02. The van der Waals surface area contributed by atoms with E-state index < -0.39 is 31.1 Å². The van der Waals surface area contributed by atoms with E-state index in [1.807, 2.05) is 0 Å². The van der Waals surface area contributed by atoms with E-state index in [1.165, 1.54) is 6.07 Å². The van der Waals surface area contributed by atoms with Crippen molar-refractivity contribution in [2.75, 3.05) is 25.1 Å². The van der Waals surface area contributed by atoms with Crippen molar-refractivity contribution >= 4 is 21.2 Å². The highest BCUT2D eigenvalue weighted by molar-refractivity contribution is 7.91. The van der Waals surface area contributed by atoms with Crippen LogP contribution < -0.4 is 4.90 Å². The minimum atomic E-state index is -4.88. The van der Waals surface area contributed by atoms with Crippen molar-refractivity contribution in [3.63, 3.8) is 0 Å². The third-order valence-corrected chi connectivity index (χ3v) is 5.25. The molecule has 1 fully saturated rings. The van der Waals surface area contributed by atoms with Crippen molar-refractivity contribution in [2.45, 2.75) is 36.0 Å². The molecule has 1 aromatic rings. The molecule has 1 heterocycles. The van der Waals surface area contributed by atoms with Gasteiger partial charge < -0.3 is 9.64 Å². The molecular weight excluding hydrogens is 346 g/mol. The van der Waals surface area contributed by atoms with Crippen LogP contribution in [0.5, 0.6) is 0 Å². The van der Waals surface area contributed by atoms with Crippen LogP contribution in [0.3, 0.4) is 0 Å². The Labute approximate surface area is 138 Å². The quantitative estimate of drug-likeness (QED) is 0.569. The number of nitrogens with zero attached hydrogens (tertiary/aromatic N) is 2. The zero-order valence-electron chi connectivity index (χ0n) is 13.0. The minimum Gasteiger partial charge on any atom is -0.376 e. The monoisotopic (exact) mass is 364 g/mol. The fourth-order valence-corrected chi connectivity index (χ4v) is 3.35. The maximum absolute atomic E-state index is 12.6. The van der Waals surface area contributed by atoms with Gasteiger partial charge in [0.1, 0.15) is 5.69 Å². The van der Waals surface area contributed by atoms with E-state index in [0.717, 1.165) is 25.3 Å². The molecule has 0 N–H and O–H groups in total. The number of nitro benzene ring substituents is 1. The SMILES string of the molecule is CN(CC1CCCCO1)c1ccc(S(=O)(=O)C(F)F)cc1[N+](=O)[O-]. The molecule has 1 aliphatic rings. The third kappa shape index (κ3) is 3.99. The van der Waals surface area contributed by atoms with Gasteiger partial charge in [-0.3, -0.25) is 10.1 Å². The zero-order valence-corrected chi connectivity index (χ0v) is 13.8. The first-order chi connectivity index (χ1) is 11.2. The van der Waals surface area contributed by atoms with Gasteiger partial charge in [-0.1, -0.05) is 0 Å². The smallest absolute Gasteiger partial charge is 0.341 e. The minimum absolute atomic E-state index is 0.0761. The molecule has 0 radical (unpaired) electrons. The molecule has 134 valence electrons. The van der Waals surface area contributed by atoms with Crippen LogP contribution in [0, 0.1) is 10.1 Å². The predicted octanol–water partition coefficient (Wildman–Crippen LogP) is 2.60. The summed E-state index contributed by atoms with van der Waals surface area (Å²) in [6.07, 6.45) is 2.73. The molecule has 0 aliphatic carbocycles. The summed E-state index contributed by atoms with van der Waals surface area (Å²) in [6, 6.07) is 2.81. The Kier molecular flexibility index (Phi) is 5.70. The summed E-state index contributed by atoms with van der Waals surface area (Å²) in [5, 5.41) is 11.2. The van der Waals surface area contributed by atoms with Gasteiger partial charge in [0.05, 0.1) is 15.9 Å². The highest BCUT2D eigenvalue weighted by Crippen LogP contribution is 2.32. The second kappa shape index (κ2) is 7.39. The molecule has 1 saturated heterocycles. The van der Waals surface area contributed by atoms with Gasteiger partial charge in [0.2, 0.25) is 9.84 Å². The largest absolute Gasteiger partial charge is 0.376 e. The van der Waals surface area contributed by atoms with E-state index in [1.54, 1.807) is 11.9 Å². The van der Waals surface area contributed by atoms with E-state index in [0.29, 0.717) is 19.2 Å². The molecule has 7 nitrogen and oxygen atoms in total. The van der Waals surface area contributed by atoms with Gasteiger partial charge >= 0.3 is 5.76 Å². The first-order valence-corrected chi connectivity index (χ1v) is 8.91. The van der Waals surface area contributed by atoms with Crippen molar-refractivity contribution in [3.05, 3.63) is 28.3 Å². The standard InChI is InChI=1S/C14H18F2N2O5S/c1-17(9-10-4-2-3-7-23-10)12-6-5-11(8-13(12)18(19)20)24(21,22)14(15)16/h5-6,8,10,14H,2-4,7,9H2,1H3. The van der Waals surface area contributed by atoms with E-state index in [9.17, 15) is 27.3 Å². The number of halogens is 2. The number of sulfone groups is 1. The van der Waals surface area contributed by atoms with Crippen LogP contribution in [0.2, 0.25) is 0 Å². The van der Waals surface area contributed by atoms with Gasteiger partial charge in [0, 0.05) is 26.3 Å². The number of anilines is 1. The number of hydrogen-bond acceptors (Lipinski definition) is 6. The van der Waals surface area contributed by atoms with Crippen molar-refractivity contribution in [1.82, 2.24) is 0 Å². The normalized spacial score (nSPS) is 18.6. The van der Waals surface area contributed by atoms with E-state index in [2.05, 4.69) is 0 Å². The van der Waals surface area contributed by atoms with Crippen molar-refractivity contribution in [2.24, 2.45) is 0 Å². The van der Waals surface area contributed by atoms with Crippen LogP contribution in [0.15, 0.2) is 23.1 Å². The first kappa shape index (κ1) is 18.5. The molecule has 0 spiro atoms. The lowest BCUT2D eigenvalue weighted by Gasteiger charge is -2.28. The van der Waals surface area contributed by atoms with Gasteiger partial charge in [-0.05, 0) is 31.4 Å². The van der Waals surface area contributed by atoms with Crippen LogP contribution in [0.25, 0.3) is 0 Å². The summed E-state index contributed by atoms with van der Waals surface area (Å²) in [5.41, 5.74) is -0.377. The molecule has 1 aromatic carbocycles. The number of likely N-dealkylation sites (N-methyl/N-ethyl adjacent to an activating group) is 1. The van der Waals surface area contributed by atoms with Gasteiger partial charge in [-0.15, -0.1) is 0 Å². The fourth-order valence-electron chi connectivity index (χ4n) is 2.61. The number of alkyl halides is 2. The lowest BCUT2D eigenvalue weighted by Crippen LogP contribution is -2.33. The Morgan fingerprint density at radius 3 is 2.67 bits per heavy atom. The van der Waals surface area contributed by atoms with Gasteiger partial charge in [-0.2, -0.15) is 8.78 Å². The van der Waals surface area contributed by atoms with Gasteiger partial charge in [0.25, 0.3) is 5.69 Å². The lowest BCUT2D eigenvalue weighted by atomic mass is 10.1. The molecule has 1 unspecified atom stereocenters. The average Bonchev–Trinajstić information content (AvgIpc) is 2.54. The second-order valence-corrected chi connectivity index (χ2v) is 7.50. The van der Waals surface area contributed by atoms with Gasteiger partial charge in [0.15, 0.2) is 0 Å². The molecule has 0 bridgehead atoms. The number of benzene rings is 1. The maximum Gasteiger partial charge on any atom is 0.341 e. The van der Waals surface area contributed by atoms with Crippen LogP contribution >= 0.6 is 0 Å². The molecule has 0 saturated carbocycles. The molecule has 1 atom stereocenters. The van der Waals surface area contributed by atoms with Crippen LogP contribution in [0.4, 0.5) is 20.2 Å². The molecule has 24 heavy (non-hydrogen) atoms. The summed E-state index contributed by atoms with van der Waals surface area (Å²) < 4.78 is 53.8. The Bertz CT molecular complexity index is 705. The second-order valence-electron chi connectivity index (χ2n) is 5.58. The van der Waals surface area contributed by atoms with Crippen molar-refractivity contribution < 1.29 is 26.9 Å². The molecule has 10 heteroatoms. The van der Waals surface area contributed by atoms with E-state index in [-0.39, 0.29) is 11.8 Å². The first-order valence-electron chi connectivity index (χ1n) is 7.36. The Hall–Kier alpha value is -1.81. The fraction of sp³-hybridized carbons (Fsp3) is 0.571. The van der Waals surface area contributed by atoms with E-state index >= 15 is 0 Å². The highest BCUT2D eigenvalue weighted by Gasteiger charge is 2.30. The Morgan fingerprint density at radius 2 is 2.12 bits per heavy atom. The Morgan fingerprint density at radius 1 is 1.42 bits per heavy atom. The van der Waals surface area contributed by atoms with Gasteiger partial charge in [-0.25, -0.2) is 8.42 Å². The predicted molar refractivity (Wildman–Crippen MR) is 83.1 cm³/mol. The number of hydrogen-bond donors (Lipinski definition) is 0. The Balaban J connectivity index is 2.31. The third-order valence-electron chi connectivity index (χ3n) is 3.87. The summed E-state index contributed by atoms with van der Waals surface area (Å²) in [5.74, 6) is -3.63. The summed E-state index contributed by atoms with van der Waals surface area (Å²) in [4.78, 5) is 11.3. The maximum atomic E-state index is 12.6. The van der Waals surface area contributed by atoms with Crippen LogP contribution in [-0.4, -0.2) is 45.4 Å². The zero-order chi connectivity index (χ0) is 17.9. The lowest BCUT2D eigenvalue weighted by molar-refractivity contribution is -0.384. The highest BCUT2D eigenvalue weighted by atomic mass is 32.2. The molecule has 2 rings (SSSR count).